The maximum Gasteiger partial charge on any atom is 0.315 e. The number of nitrogens with one attached hydrogen (secondary N) is 4. The van der Waals surface area contributed by atoms with Crippen LogP contribution in [0.15, 0.2) is 22.2 Å². The number of carbonyl (C=O) groups is 5. The highest BCUT2D eigenvalue weighted by Gasteiger charge is 2.39. The predicted molar refractivity (Wildman–Crippen MR) is 194 cm³/mol. The molecule has 0 aromatic heterocycles. The number of aldehydes is 1. The minimum absolute atomic E-state index is 0.0390. The van der Waals surface area contributed by atoms with Crippen LogP contribution in [0.4, 0.5) is 10.5 Å². The first-order valence-corrected chi connectivity index (χ1v) is 17.7. The average Bonchev–Trinajstić information content (AvgIpc) is 3.57. The number of hydrogen-bond donors (Lipinski definition) is 5. The molecule has 4 N–H and O–H groups in total. The van der Waals surface area contributed by atoms with E-state index in [9.17, 15) is 33.6 Å². The zero-order chi connectivity index (χ0) is 36.9. The van der Waals surface area contributed by atoms with E-state index in [0.717, 1.165) is 51.2 Å². The summed E-state index contributed by atoms with van der Waals surface area (Å²) in [4.78, 5) is 87.8. The highest BCUT2D eigenvalue weighted by atomic mass is 32.1. The van der Waals surface area contributed by atoms with Crippen molar-refractivity contribution in [3.63, 3.8) is 0 Å². The Morgan fingerprint density at radius 2 is 1.69 bits per heavy atom. The van der Waals surface area contributed by atoms with E-state index in [1.807, 2.05) is 27.7 Å². The van der Waals surface area contributed by atoms with E-state index in [4.69, 9.17) is 0 Å². The van der Waals surface area contributed by atoms with Crippen molar-refractivity contribution < 1.29 is 24.0 Å². The van der Waals surface area contributed by atoms with Crippen molar-refractivity contribution in [1.82, 2.24) is 25.6 Å². The average molecular weight is 705 g/mol. The van der Waals surface area contributed by atoms with E-state index in [0.29, 0.717) is 43.7 Å². The SMILES string of the molecule is C=CCNC(=O)C(=O)C(CCC)NS.Cc1c(N(C)CC(NC(=O)NC(C(=O)N2CCCC2C=O)C2CCCCC2)C(C)(C)C)c(=O)c1=O. The van der Waals surface area contributed by atoms with Gasteiger partial charge in [-0.25, -0.2) is 4.79 Å². The monoisotopic (exact) mass is 704 g/mol. The first-order valence-electron chi connectivity index (χ1n) is 17.3. The topological polar surface area (TPSA) is 174 Å². The summed E-state index contributed by atoms with van der Waals surface area (Å²) in [5.74, 6) is -1.21. The molecule has 4 atom stereocenters. The zero-order valence-electron chi connectivity index (χ0n) is 29.9. The standard InChI is InChI=1S/C26H40N4O5.C9H16N2O2S/c1-16-21(23(33)22(16)32)29(5)14-19(26(2,3)4)27-25(35)28-20(17-10-7-6-8-11-17)24(34)30-13-9-12-18(30)15-31;1-3-5-7(11-14)8(12)9(13)10-6-4-2/h15,17-20H,6-14H2,1-5H3,(H2,27,28,35);4,7,11,14H,2-3,5-6H2,1H3,(H,10,13). The van der Waals surface area contributed by atoms with Gasteiger partial charge in [0, 0.05) is 32.2 Å². The summed E-state index contributed by atoms with van der Waals surface area (Å²) in [5.41, 5.74) is -0.489. The largest absolute Gasteiger partial charge is 0.369 e. The Morgan fingerprint density at radius 1 is 1.04 bits per heavy atom. The fourth-order valence-corrected chi connectivity index (χ4v) is 6.63. The minimum atomic E-state index is -0.676. The number of anilines is 1. The number of hydrogen-bond acceptors (Lipinski definition) is 10. The summed E-state index contributed by atoms with van der Waals surface area (Å²) >= 11 is 3.80. The minimum Gasteiger partial charge on any atom is -0.369 e. The van der Waals surface area contributed by atoms with Crippen molar-refractivity contribution in [2.24, 2.45) is 11.3 Å². The second-order valence-corrected chi connectivity index (χ2v) is 14.4. The third-order valence-corrected chi connectivity index (χ3v) is 9.71. The molecule has 1 heterocycles. The number of ketones is 1. The summed E-state index contributed by atoms with van der Waals surface area (Å²) in [6.07, 6.45) is 10.1. The summed E-state index contributed by atoms with van der Waals surface area (Å²) in [7, 11) is 1.74. The van der Waals surface area contributed by atoms with E-state index < -0.39 is 46.7 Å². The van der Waals surface area contributed by atoms with E-state index in [-0.39, 0.29) is 23.3 Å². The van der Waals surface area contributed by atoms with E-state index in [1.54, 1.807) is 23.8 Å². The molecule has 2 fully saturated rings. The van der Waals surface area contributed by atoms with Gasteiger partial charge in [0.2, 0.25) is 22.5 Å². The molecule has 274 valence electrons. The second kappa shape index (κ2) is 19.6. The summed E-state index contributed by atoms with van der Waals surface area (Å²) in [6, 6.07) is -2.40. The van der Waals surface area contributed by atoms with E-state index in [2.05, 4.69) is 40.1 Å². The molecule has 1 saturated heterocycles. The van der Waals surface area contributed by atoms with Crippen LogP contribution in [0.1, 0.15) is 91.0 Å². The lowest BCUT2D eigenvalue weighted by atomic mass is 9.83. The van der Waals surface area contributed by atoms with Crippen LogP contribution in [0.25, 0.3) is 0 Å². The molecule has 1 aromatic carbocycles. The molecule has 2 aliphatic rings. The van der Waals surface area contributed by atoms with Gasteiger partial charge in [0.1, 0.15) is 12.3 Å². The number of Topliss-reactive ketones (excluding diaryl/α,β-unsaturated/α-hetero) is 1. The molecule has 1 aliphatic carbocycles. The maximum absolute atomic E-state index is 13.5. The summed E-state index contributed by atoms with van der Waals surface area (Å²) < 4.78 is 2.52. The van der Waals surface area contributed by atoms with Gasteiger partial charge in [-0.2, -0.15) is 0 Å². The molecule has 0 radical (unpaired) electrons. The molecule has 3 rings (SSSR count). The molecule has 1 aliphatic heterocycles. The van der Waals surface area contributed by atoms with Crippen molar-refractivity contribution in [2.45, 2.75) is 117 Å². The quantitative estimate of drug-likeness (QED) is 0.0795. The Hall–Kier alpha value is -3.52. The maximum atomic E-state index is 13.5. The molecule has 4 unspecified atom stereocenters. The lowest BCUT2D eigenvalue weighted by molar-refractivity contribution is -0.138. The fraction of sp³-hybridized carbons (Fsp3) is 0.686. The lowest BCUT2D eigenvalue weighted by Gasteiger charge is -2.37. The molecule has 1 saturated carbocycles. The Labute approximate surface area is 295 Å². The Kier molecular flexibility index (Phi) is 16.7. The van der Waals surface area contributed by atoms with Crippen LogP contribution in [-0.4, -0.2) is 85.7 Å². The number of thiol groups is 1. The van der Waals surface area contributed by atoms with Crippen molar-refractivity contribution in [2.75, 3.05) is 31.6 Å². The zero-order valence-corrected chi connectivity index (χ0v) is 30.8. The first-order chi connectivity index (χ1) is 23.1. The third kappa shape index (κ3) is 11.5. The van der Waals surface area contributed by atoms with E-state index >= 15 is 0 Å². The number of nitrogens with zero attached hydrogens (tertiary/aromatic N) is 2. The van der Waals surface area contributed by atoms with Gasteiger partial charge in [-0.05, 0) is 50.4 Å². The number of amides is 4. The summed E-state index contributed by atoms with van der Waals surface area (Å²) in [5, 5.41) is 8.40. The van der Waals surface area contributed by atoms with Crippen LogP contribution in [0.5, 0.6) is 0 Å². The second-order valence-electron chi connectivity index (χ2n) is 14.1. The smallest absolute Gasteiger partial charge is 0.315 e. The van der Waals surface area contributed by atoms with Crippen LogP contribution in [0, 0.1) is 18.3 Å². The van der Waals surface area contributed by atoms with Crippen LogP contribution in [0.2, 0.25) is 0 Å². The van der Waals surface area contributed by atoms with Gasteiger partial charge < -0.3 is 30.5 Å². The van der Waals surface area contributed by atoms with Crippen LogP contribution in [0.3, 0.4) is 0 Å². The first kappa shape index (κ1) is 41.7. The van der Waals surface area contributed by atoms with Gasteiger partial charge >= 0.3 is 6.03 Å². The van der Waals surface area contributed by atoms with Crippen molar-refractivity contribution >= 4 is 48.4 Å². The molecule has 13 nitrogen and oxygen atoms in total. The molecular formula is C35H56N6O7S. The number of likely N-dealkylation sites (tertiary alicyclic amines) is 1. The molecule has 4 amide bonds. The highest BCUT2D eigenvalue weighted by molar-refractivity contribution is 7.78. The van der Waals surface area contributed by atoms with Gasteiger partial charge in [0.15, 0.2) is 0 Å². The van der Waals surface area contributed by atoms with Gasteiger partial charge in [-0.3, -0.25) is 28.7 Å². The van der Waals surface area contributed by atoms with Gasteiger partial charge in [-0.1, -0.05) is 72.3 Å². The van der Waals surface area contributed by atoms with Crippen molar-refractivity contribution in [3.05, 3.63) is 38.7 Å². The normalized spacial score (nSPS) is 18.3. The molecule has 49 heavy (non-hydrogen) atoms. The number of urea groups is 1. The molecule has 1 aromatic rings. The lowest BCUT2D eigenvalue weighted by Crippen LogP contribution is -2.59. The predicted octanol–water partition coefficient (Wildman–Crippen LogP) is 2.34. The van der Waals surface area contributed by atoms with Crippen molar-refractivity contribution in [3.8, 4) is 0 Å². The number of likely N-dealkylation sites (N-methyl/N-ethyl adjacent to an activating group) is 1. The van der Waals surface area contributed by atoms with Gasteiger partial charge in [0.25, 0.3) is 5.91 Å². The molecule has 0 spiro atoms. The van der Waals surface area contributed by atoms with Crippen LogP contribution in [-0.2, 0) is 19.2 Å². The Bertz CT molecular complexity index is 1380. The molecule has 14 heteroatoms. The van der Waals surface area contributed by atoms with Crippen LogP contribution >= 0.6 is 12.8 Å². The Balaban J connectivity index is 0.000000502. The number of rotatable bonds is 15. The fourth-order valence-electron chi connectivity index (χ4n) is 6.38. The number of carbonyl (C=O) groups excluding carboxylic acids is 5. The van der Waals surface area contributed by atoms with Gasteiger partial charge in [-0.15, -0.1) is 6.58 Å². The van der Waals surface area contributed by atoms with Crippen LogP contribution < -0.4 is 36.4 Å². The van der Waals surface area contributed by atoms with E-state index in [1.165, 1.54) is 6.08 Å². The van der Waals surface area contributed by atoms with Crippen molar-refractivity contribution in [1.29, 1.82) is 0 Å². The van der Waals surface area contributed by atoms with Gasteiger partial charge in [0.05, 0.1) is 23.8 Å². The summed E-state index contributed by atoms with van der Waals surface area (Å²) in [6.45, 7) is 14.1. The molecular weight excluding hydrogens is 648 g/mol. The highest BCUT2D eigenvalue weighted by Crippen LogP contribution is 2.29. The Morgan fingerprint density at radius 3 is 2.22 bits per heavy atom. The third-order valence-electron chi connectivity index (χ3n) is 9.40. The molecule has 0 bridgehead atoms.